The summed E-state index contributed by atoms with van der Waals surface area (Å²) < 4.78 is 3.75. The summed E-state index contributed by atoms with van der Waals surface area (Å²) in [6.07, 6.45) is 4.16. The molecule has 7 nitrogen and oxygen atoms in total. The smallest absolute Gasteiger partial charge is 0.274 e. The summed E-state index contributed by atoms with van der Waals surface area (Å²) in [5.74, 6) is -0.0192. The van der Waals surface area contributed by atoms with Crippen LogP contribution in [-0.4, -0.2) is 44.7 Å². The Morgan fingerprint density at radius 1 is 1.30 bits per heavy atom. The molecule has 7 heteroatoms. The number of carbonyl (C=O) groups excluding carboxylic acids is 2. The molecule has 0 saturated heterocycles. The van der Waals surface area contributed by atoms with Gasteiger partial charge in [0.15, 0.2) is 0 Å². The Morgan fingerprint density at radius 3 is 2.83 bits per heavy atom. The quantitative estimate of drug-likeness (QED) is 0.903. The number of aryl methyl sites for hydroxylation is 1. The Labute approximate surface area is 134 Å². The molecule has 0 radical (unpaired) electrons. The van der Waals surface area contributed by atoms with E-state index in [9.17, 15) is 9.59 Å². The third kappa shape index (κ3) is 3.28. The molecular formula is C16H21N5O2. The molecule has 0 aliphatic carbocycles. The number of carbonyl (C=O) groups is 2. The van der Waals surface area contributed by atoms with Gasteiger partial charge in [0.1, 0.15) is 5.69 Å². The van der Waals surface area contributed by atoms with Crippen molar-refractivity contribution in [2.45, 2.75) is 19.5 Å². The van der Waals surface area contributed by atoms with E-state index in [1.165, 1.54) is 0 Å². The Morgan fingerprint density at radius 2 is 2.13 bits per heavy atom. The number of aromatic nitrogens is 3. The molecule has 2 aromatic heterocycles. The fourth-order valence-electron chi connectivity index (χ4n) is 3.02. The van der Waals surface area contributed by atoms with E-state index in [2.05, 4.69) is 15.0 Å². The summed E-state index contributed by atoms with van der Waals surface area (Å²) in [5.41, 5.74) is 1.51. The lowest BCUT2D eigenvalue weighted by Gasteiger charge is -2.23. The van der Waals surface area contributed by atoms with Gasteiger partial charge in [0, 0.05) is 57.6 Å². The van der Waals surface area contributed by atoms with Crippen molar-refractivity contribution >= 4 is 11.8 Å². The van der Waals surface area contributed by atoms with Crippen LogP contribution in [0.15, 0.2) is 30.6 Å². The van der Waals surface area contributed by atoms with Crippen LogP contribution in [0.2, 0.25) is 0 Å². The van der Waals surface area contributed by atoms with E-state index in [-0.39, 0.29) is 17.7 Å². The van der Waals surface area contributed by atoms with Gasteiger partial charge in [0.25, 0.3) is 5.91 Å². The van der Waals surface area contributed by atoms with Crippen LogP contribution in [0.1, 0.15) is 22.6 Å². The van der Waals surface area contributed by atoms with Crippen LogP contribution < -0.4 is 5.32 Å². The van der Waals surface area contributed by atoms with Crippen molar-refractivity contribution in [2.24, 2.45) is 13.0 Å². The zero-order valence-electron chi connectivity index (χ0n) is 13.4. The van der Waals surface area contributed by atoms with Gasteiger partial charge in [0.2, 0.25) is 5.91 Å². The predicted octanol–water partition coefficient (Wildman–Crippen LogP) is 0.630. The molecule has 1 atom stereocenters. The highest BCUT2D eigenvalue weighted by molar-refractivity contribution is 5.92. The van der Waals surface area contributed by atoms with E-state index in [0.29, 0.717) is 25.2 Å². The fraction of sp³-hybridized carbons (Fsp3) is 0.438. The van der Waals surface area contributed by atoms with Crippen molar-refractivity contribution in [3.8, 4) is 0 Å². The highest BCUT2D eigenvalue weighted by atomic mass is 16.2. The van der Waals surface area contributed by atoms with Crippen molar-refractivity contribution in [1.29, 1.82) is 0 Å². The Kier molecular flexibility index (Phi) is 4.18. The molecule has 122 valence electrons. The molecule has 0 unspecified atom stereocenters. The zero-order chi connectivity index (χ0) is 16.4. The van der Waals surface area contributed by atoms with Crippen LogP contribution in [0.5, 0.6) is 0 Å². The topological polar surface area (TPSA) is 72.2 Å². The second-order valence-corrected chi connectivity index (χ2v) is 5.96. The molecule has 2 amide bonds. The van der Waals surface area contributed by atoms with Crippen molar-refractivity contribution in [1.82, 2.24) is 24.6 Å². The van der Waals surface area contributed by atoms with E-state index in [1.54, 1.807) is 35.9 Å². The first-order valence-electron chi connectivity index (χ1n) is 7.70. The summed E-state index contributed by atoms with van der Waals surface area (Å²) in [7, 11) is 3.43. The molecule has 3 rings (SSSR count). The molecule has 1 N–H and O–H groups in total. The van der Waals surface area contributed by atoms with Crippen molar-refractivity contribution < 1.29 is 9.59 Å². The lowest BCUT2D eigenvalue weighted by Crippen LogP contribution is -2.36. The van der Waals surface area contributed by atoms with E-state index in [0.717, 1.165) is 12.2 Å². The van der Waals surface area contributed by atoms with Gasteiger partial charge in [-0.15, -0.1) is 0 Å². The molecular weight excluding hydrogens is 294 g/mol. The van der Waals surface area contributed by atoms with Crippen LogP contribution >= 0.6 is 0 Å². The maximum atomic E-state index is 12.7. The van der Waals surface area contributed by atoms with Gasteiger partial charge in [0.05, 0.1) is 6.54 Å². The van der Waals surface area contributed by atoms with Crippen LogP contribution in [-0.2, 0) is 24.9 Å². The van der Waals surface area contributed by atoms with Crippen molar-refractivity contribution in [3.63, 3.8) is 0 Å². The Balaban J connectivity index is 1.84. The molecule has 0 bridgehead atoms. The maximum absolute atomic E-state index is 12.7. The van der Waals surface area contributed by atoms with Gasteiger partial charge in [-0.25, -0.2) is 0 Å². The first kappa shape index (κ1) is 15.3. The number of rotatable bonds is 3. The largest absolute Gasteiger partial charge is 0.359 e. The monoisotopic (exact) mass is 315 g/mol. The van der Waals surface area contributed by atoms with Crippen LogP contribution in [0, 0.1) is 5.92 Å². The minimum absolute atomic E-state index is 0.00385. The van der Waals surface area contributed by atoms with Crippen LogP contribution in [0.4, 0.5) is 0 Å². The SMILES string of the molecule is CNC(=O)C[C@@H]1CN(C(=O)c2ccn(C)n2)Cc2cccn2C1. The normalized spacial score (nSPS) is 17.5. The highest BCUT2D eigenvalue weighted by Crippen LogP contribution is 2.21. The van der Waals surface area contributed by atoms with E-state index in [1.807, 2.05) is 18.3 Å². The van der Waals surface area contributed by atoms with Crippen LogP contribution in [0.3, 0.4) is 0 Å². The van der Waals surface area contributed by atoms with E-state index < -0.39 is 0 Å². The molecule has 3 heterocycles. The van der Waals surface area contributed by atoms with Gasteiger partial charge in [-0.1, -0.05) is 0 Å². The third-order valence-corrected chi connectivity index (χ3v) is 4.18. The number of hydrogen-bond donors (Lipinski definition) is 1. The lowest BCUT2D eigenvalue weighted by molar-refractivity contribution is -0.121. The number of nitrogens with one attached hydrogen (secondary N) is 1. The second-order valence-electron chi connectivity index (χ2n) is 5.96. The number of fused-ring (bicyclic) bond motifs is 1. The van der Waals surface area contributed by atoms with Crippen molar-refractivity contribution in [2.75, 3.05) is 13.6 Å². The summed E-state index contributed by atoms with van der Waals surface area (Å²) in [5, 5.41) is 6.86. The first-order chi connectivity index (χ1) is 11.1. The predicted molar refractivity (Wildman–Crippen MR) is 84.6 cm³/mol. The van der Waals surface area contributed by atoms with E-state index >= 15 is 0 Å². The van der Waals surface area contributed by atoms with Gasteiger partial charge >= 0.3 is 0 Å². The van der Waals surface area contributed by atoms with Crippen LogP contribution in [0.25, 0.3) is 0 Å². The molecule has 23 heavy (non-hydrogen) atoms. The molecule has 1 aliphatic heterocycles. The summed E-state index contributed by atoms with van der Waals surface area (Å²) >= 11 is 0. The summed E-state index contributed by atoms with van der Waals surface area (Å²) in [6.45, 7) is 1.82. The average molecular weight is 315 g/mol. The highest BCUT2D eigenvalue weighted by Gasteiger charge is 2.27. The third-order valence-electron chi connectivity index (χ3n) is 4.18. The molecule has 0 saturated carbocycles. The first-order valence-corrected chi connectivity index (χ1v) is 7.70. The Hall–Kier alpha value is -2.57. The zero-order valence-corrected chi connectivity index (χ0v) is 13.4. The molecule has 0 spiro atoms. The molecule has 0 fully saturated rings. The summed E-state index contributed by atoms with van der Waals surface area (Å²) in [6, 6.07) is 5.71. The molecule has 2 aromatic rings. The second kappa shape index (κ2) is 6.28. The average Bonchev–Trinajstić information content (AvgIpc) is 3.11. The van der Waals surface area contributed by atoms with Crippen molar-refractivity contribution in [3.05, 3.63) is 42.0 Å². The van der Waals surface area contributed by atoms with Gasteiger partial charge < -0.3 is 14.8 Å². The minimum Gasteiger partial charge on any atom is -0.359 e. The number of hydrogen-bond acceptors (Lipinski definition) is 3. The van der Waals surface area contributed by atoms with E-state index in [4.69, 9.17) is 0 Å². The molecule has 1 aliphatic rings. The Bertz CT molecular complexity index is 718. The fourth-order valence-corrected chi connectivity index (χ4v) is 3.02. The standard InChI is InChI=1S/C16H21N5O2/c1-17-15(22)8-12-9-20-6-3-4-13(20)11-21(10-12)16(23)14-5-7-19(2)18-14/h3-7,12H,8-11H2,1-2H3,(H,17,22)/t12-/m0/s1. The lowest BCUT2D eigenvalue weighted by atomic mass is 10.0. The van der Waals surface area contributed by atoms with Gasteiger partial charge in [-0.05, 0) is 18.2 Å². The minimum atomic E-state index is -0.0952. The number of amides is 2. The molecule has 0 aromatic carbocycles. The maximum Gasteiger partial charge on any atom is 0.274 e. The number of nitrogens with zero attached hydrogens (tertiary/aromatic N) is 4. The van der Waals surface area contributed by atoms with Gasteiger partial charge in [-0.2, -0.15) is 5.10 Å². The summed E-state index contributed by atoms with van der Waals surface area (Å²) in [4.78, 5) is 26.3. The van der Waals surface area contributed by atoms with Gasteiger partial charge in [-0.3, -0.25) is 14.3 Å².